The number of thiazole rings is 2. The van der Waals surface area contributed by atoms with Crippen LogP contribution in [-0.4, -0.2) is 168 Å². The Hall–Kier alpha value is -6.18. The number of benzene rings is 2. The quantitative estimate of drug-likeness (QED) is 0.0402. The number of anilines is 4. The van der Waals surface area contributed by atoms with Crippen molar-refractivity contribution in [2.75, 3.05) is 101 Å². The van der Waals surface area contributed by atoms with Crippen LogP contribution < -0.4 is 26.2 Å². The van der Waals surface area contributed by atoms with Crippen molar-refractivity contribution in [1.82, 2.24) is 40.4 Å². The minimum absolute atomic E-state index is 0.0114. The number of β-amino-alcohol motifs (C(OH)–C–C–N with tert-alkyl or cyclic N) is 1. The number of amides is 5. The molecule has 2 saturated heterocycles. The first-order valence-corrected chi connectivity index (χ1v) is 28.0. The molecular formula is C54H70ClN11O10S2. The first-order chi connectivity index (χ1) is 37.4. The van der Waals surface area contributed by atoms with Gasteiger partial charge >= 0.3 is 0 Å². The van der Waals surface area contributed by atoms with E-state index in [0.29, 0.717) is 91.6 Å². The second kappa shape index (κ2) is 28.6. The zero-order chi connectivity index (χ0) is 55.8. The summed E-state index contributed by atoms with van der Waals surface area (Å²) in [4.78, 5) is 91.0. The lowest BCUT2D eigenvalue weighted by molar-refractivity contribution is -0.144. The van der Waals surface area contributed by atoms with E-state index in [-0.39, 0.29) is 75.8 Å². The molecule has 0 radical (unpaired) electrons. The van der Waals surface area contributed by atoms with Crippen LogP contribution in [0.5, 0.6) is 0 Å². The molecule has 420 valence electrons. The molecule has 0 spiro atoms. The Bertz CT molecular complexity index is 2800. The van der Waals surface area contributed by atoms with E-state index in [2.05, 4.69) is 46.1 Å². The second-order valence-corrected chi connectivity index (χ2v) is 22.3. The van der Waals surface area contributed by atoms with E-state index in [1.807, 2.05) is 87.5 Å². The van der Waals surface area contributed by atoms with Crippen LogP contribution in [0.25, 0.3) is 10.4 Å². The van der Waals surface area contributed by atoms with Crippen molar-refractivity contribution in [3.8, 4) is 10.4 Å². The summed E-state index contributed by atoms with van der Waals surface area (Å²) in [6, 6.07) is 13.3. The zero-order valence-electron chi connectivity index (χ0n) is 45.0. The molecule has 78 heavy (non-hydrogen) atoms. The van der Waals surface area contributed by atoms with E-state index in [1.165, 1.54) is 22.4 Å². The number of aliphatic hydroxyl groups excluding tert-OH is 1. The molecule has 7 rings (SSSR count). The van der Waals surface area contributed by atoms with Gasteiger partial charge < -0.3 is 60.0 Å². The molecule has 2 aliphatic rings. The highest BCUT2D eigenvalue weighted by Gasteiger charge is 2.44. The summed E-state index contributed by atoms with van der Waals surface area (Å²) >= 11 is 9.06. The summed E-state index contributed by atoms with van der Waals surface area (Å²) in [5.41, 5.74) is 5.43. The fourth-order valence-electron chi connectivity index (χ4n) is 8.73. The number of carbonyl (C=O) groups excluding carboxylic acids is 5. The molecule has 5 amide bonds. The largest absolute Gasteiger partial charge is 0.391 e. The molecule has 24 heteroatoms. The molecule has 21 nitrogen and oxygen atoms in total. The van der Waals surface area contributed by atoms with Crippen molar-refractivity contribution >= 4 is 86.3 Å². The number of aryl methyl sites for hydroxylation is 3. The minimum Gasteiger partial charge on any atom is -0.391 e. The molecular weight excluding hydrogens is 1060 g/mol. The third kappa shape index (κ3) is 17.2. The molecule has 2 aromatic carbocycles. The standard InChI is InChI=1S/C54H70ClN11O10S2/c1-34-8-7-9-40(55)47(34)63-51(71)42-31-57-53(78-42)61-43-29-44(60-36(3)59-43)64-16-18-65(19-17-64)46(69)15-21-74-23-25-76-27-26-75-24-22-73-20-14-45(68)62-49(54(4,5)6)52(72)66-32-39(67)28-41(66)50(70)56-30-37-10-12-38(13-11-37)48-35(2)58-33-77-48/h7-13,29,31,33,39,41,49,67H,14-28,30,32H2,1-6H3,(H,56,70)(H,62,68)(H,63,71)(H,57,59,60,61). The van der Waals surface area contributed by atoms with E-state index < -0.39 is 29.5 Å². The van der Waals surface area contributed by atoms with E-state index in [4.69, 9.17) is 30.5 Å². The van der Waals surface area contributed by atoms with E-state index in [0.717, 1.165) is 33.1 Å². The van der Waals surface area contributed by atoms with Gasteiger partial charge in [0.05, 0.1) is 98.4 Å². The number of aromatic nitrogens is 4. The van der Waals surface area contributed by atoms with Crippen molar-refractivity contribution in [3.63, 3.8) is 0 Å². The maximum atomic E-state index is 14.0. The Kier molecular flexibility index (Phi) is 21.8. The van der Waals surface area contributed by atoms with Gasteiger partial charge in [-0.15, -0.1) is 11.3 Å². The van der Waals surface area contributed by atoms with Gasteiger partial charge in [0.1, 0.15) is 34.4 Å². The smallest absolute Gasteiger partial charge is 0.267 e. The highest BCUT2D eigenvalue weighted by molar-refractivity contribution is 7.17. The highest BCUT2D eigenvalue weighted by atomic mass is 35.5. The Balaban J connectivity index is 0.703. The number of para-hydroxylation sites is 1. The van der Waals surface area contributed by atoms with Crippen molar-refractivity contribution in [3.05, 3.63) is 92.8 Å². The first kappa shape index (κ1) is 59.5. The lowest BCUT2D eigenvalue weighted by atomic mass is 9.85. The number of nitrogens with zero attached hydrogens (tertiary/aromatic N) is 7. The van der Waals surface area contributed by atoms with Gasteiger partial charge in [-0.1, -0.05) is 80.1 Å². The molecule has 3 unspecified atom stereocenters. The molecule has 0 aliphatic carbocycles. The molecule has 3 aromatic heterocycles. The average molecular weight is 1130 g/mol. The number of hydrogen-bond donors (Lipinski definition) is 5. The zero-order valence-corrected chi connectivity index (χ0v) is 47.4. The second-order valence-electron chi connectivity index (χ2n) is 20.0. The summed E-state index contributed by atoms with van der Waals surface area (Å²) in [7, 11) is 0. The van der Waals surface area contributed by atoms with Crippen LogP contribution in [0.15, 0.2) is 60.2 Å². The number of rotatable bonds is 26. The summed E-state index contributed by atoms with van der Waals surface area (Å²) in [5, 5.41) is 23.4. The number of halogens is 1. The Morgan fingerprint density at radius 1 is 0.846 bits per heavy atom. The highest BCUT2D eigenvalue weighted by Crippen LogP contribution is 2.31. The maximum absolute atomic E-state index is 14.0. The van der Waals surface area contributed by atoms with Gasteiger partial charge in [-0.25, -0.2) is 19.9 Å². The van der Waals surface area contributed by atoms with Gasteiger partial charge in [0.25, 0.3) is 5.91 Å². The van der Waals surface area contributed by atoms with Crippen LogP contribution in [-0.2, 0) is 44.7 Å². The Morgan fingerprint density at radius 3 is 2.15 bits per heavy atom. The van der Waals surface area contributed by atoms with Gasteiger partial charge in [-0.2, -0.15) is 0 Å². The monoisotopic (exact) mass is 1130 g/mol. The third-order valence-electron chi connectivity index (χ3n) is 13.0. The maximum Gasteiger partial charge on any atom is 0.267 e. The molecule has 5 heterocycles. The molecule has 0 bridgehead atoms. The van der Waals surface area contributed by atoms with Crippen molar-refractivity contribution in [2.24, 2.45) is 5.41 Å². The molecule has 2 aliphatic heterocycles. The van der Waals surface area contributed by atoms with E-state index in [9.17, 15) is 29.1 Å². The summed E-state index contributed by atoms with van der Waals surface area (Å²) < 4.78 is 22.5. The lowest BCUT2D eigenvalue weighted by Crippen LogP contribution is -2.57. The van der Waals surface area contributed by atoms with Gasteiger partial charge in [0, 0.05) is 58.2 Å². The van der Waals surface area contributed by atoms with Crippen LogP contribution in [0.4, 0.5) is 22.5 Å². The number of likely N-dealkylation sites (tertiary alicyclic amines) is 1. The lowest BCUT2D eigenvalue weighted by Gasteiger charge is -2.35. The molecule has 3 atom stereocenters. The van der Waals surface area contributed by atoms with Crippen LogP contribution in [0.3, 0.4) is 0 Å². The number of aliphatic hydroxyl groups is 1. The van der Waals surface area contributed by atoms with Crippen molar-refractivity contribution < 1.29 is 48.0 Å². The predicted octanol–water partition coefficient (Wildman–Crippen LogP) is 5.94. The topological polar surface area (TPSA) is 252 Å². The molecule has 5 aromatic rings. The average Bonchev–Trinajstić information content (AvgIpc) is 4.22. The SMILES string of the molecule is Cc1nc(Nc2ncc(C(=O)Nc3c(C)cccc3Cl)s2)cc(N2CCN(C(=O)CCOCCOCCOCCOCCC(=O)NC(C(=O)N3CC(O)CC3C(=O)NCc3ccc(-c4scnc4C)cc3)C(C)(C)C)CC2)n1. The molecule has 0 saturated carbocycles. The normalized spacial score (nSPS) is 16.0. The van der Waals surface area contributed by atoms with Crippen molar-refractivity contribution in [2.45, 2.75) is 85.5 Å². The van der Waals surface area contributed by atoms with Gasteiger partial charge in [-0.3, -0.25) is 24.0 Å². The molecule has 2 fully saturated rings. The van der Waals surface area contributed by atoms with Gasteiger partial charge in [0.2, 0.25) is 23.6 Å². The number of ether oxygens (including phenoxy) is 4. The van der Waals surface area contributed by atoms with E-state index in [1.54, 1.807) is 24.3 Å². The van der Waals surface area contributed by atoms with Crippen LogP contribution in [0.2, 0.25) is 5.02 Å². The minimum atomic E-state index is -0.942. The number of piperazine rings is 1. The molecule has 5 N–H and O–H groups in total. The van der Waals surface area contributed by atoms with Gasteiger partial charge in [0.15, 0.2) is 5.13 Å². The number of hydrogen-bond acceptors (Lipinski definition) is 18. The van der Waals surface area contributed by atoms with Gasteiger partial charge in [-0.05, 0) is 48.9 Å². The Labute approximate surface area is 467 Å². The van der Waals surface area contributed by atoms with Crippen LogP contribution >= 0.6 is 34.3 Å². The van der Waals surface area contributed by atoms with E-state index >= 15 is 0 Å². The predicted molar refractivity (Wildman–Crippen MR) is 299 cm³/mol. The first-order valence-electron chi connectivity index (χ1n) is 26.0. The Morgan fingerprint density at radius 2 is 1.51 bits per heavy atom. The fraction of sp³-hybridized carbons (Fsp3) is 0.500. The third-order valence-corrected chi connectivity index (χ3v) is 15.2. The van der Waals surface area contributed by atoms with Crippen LogP contribution in [0, 0.1) is 26.2 Å². The fourth-order valence-corrected chi connectivity index (χ4v) is 10.5. The van der Waals surface area contributed by atoms with Crippen molar-refractivity contribution in [1.29, 1.82) is 0 Å². The summed E-state index contributed by atoms with van der Waals surface area (Å²) in [6.07, 6.45) is 0.990. The summed E-state index contributed by atoms with van der Waals surface area (Å²) in [5.74, 6) is 0.344. The number of carbonyl (C=O) groups is 5. The number of nitrogens with one attached hydrogen (secondary N) is 4. The summed E-state index contributed by atoms with van der Waals surface area (Å²) in [6.45, 7) is 15.9. The van der Waals surface area contributed by atoms with Crippen LogP contribution in [0.1, 0.15) is 72.4 Å².